The highest BCUT2D eigenvalue weighted by atomic mass is 35.5. The first kappa shape index (κ1) is 38.2. The number of hydrogen-bond donors (Lipinski definition) is 2. The van der Waals surface area contributed by atoms with Crippen LogP contribution in [-0.4, -0.2) is 68.7 Å². The van der Waals surface area contributed by atoms with Crippen LogP contribution in [0.1, 0.15) is 44.5 Å². The molecule has 1 saturated heterocycles. The quantitative estimate of drug-likeness (QED) is 0.0961. The Kier molecular flexibility index (Phi) is 14.0. The van der Waals surface area contributed by atoms with Crippen LogP contribution in [0.15, 0.2) is 45.2 Å². The molecule has 1 fully saturated rings. The maximum Gasteiger partial charge on any atom is 0.530 e. The summed E-state index contributed by atoms with van der Waals surface area (Å²) in [5, 5.41) is 3.73. The van der Waals surface area contributed by atoms with Gasteiger partial charge in [0.05, 0.1) is 32.5 Å². The number of ether oxygens (including phenoxy) is 2. The first-order chi connectivity index (χ1) is 20.7. The molecule has 1 aliphatic rings. The van der Waals surface area contributed by atoms with E-state index in [1.165, 1.54) is 36.9 Å². The van der Waals surface area contributed by atoms with Gasteiger partial charge in [0.15, 0.2) is 0 Å². The molecular weight excluding hydrogens is 655 g/mol. The number of azide groups is 1. The molecule has 0 bridgehead atoms. The Morgan fingerprint density at radius 1 is 1.29 bits per heavy atom. The topological polar surface area (TPSA) is 227 Å². The lowest BCUT2D eigenvalue weighted by Crippen LogP contribution is -2.33. The molecule has 0 spiro atoms. The molecule has 0 saturated carbocycles. The summed E-state index contributed by atoms with van der Waals surface area (Å²) in [6.45, 7) is 6.25. The zero-order valence-corrected chi connectivity index (χ0v) is 28.0. The number of aryl methyl sites for hydroxylation is 1. The van der Waals surface area contributed by atoms with Gasteiger partial charge in [0.2, 0.25) is 0 Å². The first-order valence-corrected chi connectivity index (χ1v) is 16.3. The molecule has 0 aliphatic carbocycles. The van der Waals surface area contributed by atoms with E-state index < -0.39 is 71.6 Å². The van der Waals surface area contributed by atoms with Crippen LogP contribution in [0, 0.1) is 6.92 Å². The minimum atomic E-state index is -4.39. The first-order valence-electron chi connectivity index (χ1n) is 13.6. The second-order valence-electron chi connectivity index (χ2n) is 10.9. The number of esters is 1. The second-order valence-corrected chi connectivity index (χ2v) is 14.8. The normalized spacial score (nSPS) is 20.6. The van der Waals surface area contributed by atoms with Gasteiger partial charge in [-0.2, -0.15) is 0 Å². The molecule has 6 atom stereocenters. The highest BCUT2D eigenvalue weighted by molar-refractivity contribution is 7.86. The third-order valence-corrected chi connectivity index (χ3v) is 9.86. The molecule has 3 rings (SSSR count). The minimum absolute atomic E-state index is 0. The fraction of sp³-hybridized carbons (Fsp3) is 0.577. The predicted octanol–water partition coefficient (Wildman–Crippen LogP) is 3.04. The smallest absolute Gasteiger partial charge is 0.468 e. The van der Waals surface area contributed by atoms with E-state index in [1.807, 2.05) is 0 Å². The van der Waals surface area contributed by atoms with Crippen molar-refractivity contribution in [2.75, 3.05) is 26.1 Å². The number of benzene rings is 1. The van der Waals surface area contributed by atoms with Crippen LogP contribution in [0.25, 0.3) is 10.4 Å². The van der Waals surface area contributed by atoms with E-state index in [4.69, 9.17) is 29.6 Å². The number of halogens is 1. The van der Waals surface area contributed by atoms with Crippen LogP contribution in [0.3, 0.4) is 0 Å². The molecule has 0 radical (unpaired) electrons. The number of phosphoric ester groups is 1. The fourth-order valence-corrected chi connectivity index (χ4v) is 6.29. The molecule has 0 amide bonds. The summed E-state index contributed by atoms with van der Waals surface area (Å²) in [4.78, 5) is 40.9. The van der Waals surface area contributed by atoms with Gasteiger partial charge in [-0.25, -0.2) is 9.36 Å². The Morgan fingerprint density at radius 2 is 1.96 bits per heavy atom. The van der Waals surface area contributed by atoms with E-state index in [0.717, 1.165) is 0 Å². The van der Waals surface area contributed by atoms with Gasteiger partial charge in [-0.15, -0.1) is 12.4 Å². The standard InChI is InChI=1S/C26H37N6O10PS.ClH/c1-16-14-32(25(35)29-23(16)33)22-13-20(30-31-28)21(41-22)15-40-43(36,39-10-11-44(37)26(2,3)4)42-18-8-6-17(7-9-18)12-19(27)24(34)38-5;/h6-9,14,19-22H,10-13,15,27H2,1-5H3,(H,29,33,35);1H/t19-,20+,21-,22-,43?,44?;/m1./s1. The molecule has 2 unspecified atom stereocenters. The number of H-pyrrole nitrogens is 1. The van der Waals surface area contributed by atoms with E-state index >= 15 is 0 Å². The van der Waals surface area contributed by atoms with Crippen molar-refractivity contribution in [1.82, 2.24) is 9.55 Å². The highest BCUT2D eigenvalue weighted by Gasteiger charge is 2.40. The number of nitrogens with two attached hydrogens (primary N) is 1. The van der Waals surface area contributed by atoms with Crippen molar-refractivity contribution < 1.29 is 36.6 Å². The number of hydrogen-bond acceptors (Lipinski definition) is 12. The second kappa shape index (κ2) is 16.5. The largest absolute Gasteiger partial charge is 0.530 e. The molecule has 2 heterocycles. The maximum absolute atomic E-state index is 13.8. The van der Waals surface area contributed by atoms with E-state index in [0.29, 0.717) is 5.56 Å². The maximum atomic E-state index is 13.8. The summed E-state index contributed by atoms with van der Waals surface area (Å²) in [7, 11) is -4.47. The van der Waals surface area contributed by atoms with E-state index in [2.05, 4.69) is 19.7 Å². The van der Waals surface area contributed by atoms with Gasteiger partial charge in [-0.3, -0.25) is 32.4 Å². The van der Waals surface area contributed by atoms with Gasteiger partial charge in [-0.05, 0) is 57.3 Å². The number of rotatable bonds is 14. The van der Waals surface area contributed by atoms with Gasteiger partial charge in [0.25, 0.3) is 5.56 Å². The Balaban J connectivity index is 0.00000705. The van der Waals surface area contributed by atoms with Crippen LogP contribution in [-0.2, 0) is 45.1 Å². The number of nitrogens with one attached hydrogen (secondary N) is 1. The number of aromatic nitrogens is 2. The van der Waals surface area contributed by atoms with E-state index in [1.54, 1.807) is 32.9 Å². The molecule has 19 heteroatoms. The summed E-state index contributed by atoms with van der Waals surface area (Å²) in [6.07, 6.45) is -0.302. The van der Waals surface area contributed by atoms with Crippen molar-refractivity contribution in [2.45, 2.75) is 69.7 Å². The van der Waals surface area contributed by atoms with Crippen LogP contribution in [0.2, 0.25) is 0 Å². The number of carbonyl (C=O) groups excluding carboxylic acids is 1. The summed E-state index contributed by atoms with van der Waals surface area (Å²) < 4.78 is 54.4. The average molecular weight is 693 g/mol. The van der Waals surface area contributed by atoms with Crippen LogP contribution >= 0.6 is 20.2 Å². The molecule has 3 N–H and O–H groups in total. The lowest BCUT2D eigenvalue weighted by Gasteiger charge is -2.23. The monoisotopic (exact) mass is 692 g/mol. The molecule has 1 aromatic heterocycles. The van der Waals surface area contributed by atoms with Crippen molar-refractivity contribution >= 4 is 37.0 Å². The highest BCUT2D eigenvalue weighted by Crippen LogP contribution is 2.50. The van der Waals surface area contributed by atoms with Crippen LogP contribution < -0.4 is 21.5 Å². The lowest BCUT2D eigenvalue weighted by atomic mass is 10.1. The third kappa shape index (κ3) is 10.8. The fourth-order valence-electron chi connectivity index (χ4n) is 4.11. The zero-order valence-electron chi connectivity index (χ0n) is 25.4. The Hall–Kier alpha value is -3.01. The SMILES string of the molecule is COC(=O)[C@H](N)Cc1ccc(OP(=O)(OCCS(=O)C(C)(C)C)OC[C@H]2O[C@@H](n3cc(C)c(=O)[nH]c3=O)C[C@@H]2N=[N+]=[N-])cc1.Cl. The summed E-state index contributed by atoms with van der Waals surface area (Å²) >= 11 is 0. The molecule has 16 nitrogen and oxygen atoms in total. The van der Waals surface area contributed by atoms with Gasteiger partial charge in [-0.1, -0.05) is 17.2 Å². The summed E-state index contributed by atoms with van der Waals surface area (Å²) in [5.41, 5.74) is 14.6. The summed E-state index contributed by atoms with van der Waals surface area (Å²) in [5.74, 6) is -0.421. The van der Waals surface area contributed by atoms with Crippen molar-refractivity contribution in [2.24, 2.45) is 10.8 Å². The molecule has 1 aromatic carbocycles. The number of methoxy groups -OCH3 is 1. The van der Waals surface area contributed by atoms with Gasteiger partial charge < -0.3 is 19.7 Å². The van der Waals surface area contributed by atoms with Crippen molar-refractivity contribution in [3.8, 4) is 5.75 Å². The van der Waals surface area contributed by atoms with Gasteiger partial charge in [0.1, 0.15) is 18.0 Å². The number of carbonyl (C=O) groups is 1. The molecule has 2 aromatic rings. The average Bonchev–Trinajstić information content (AvgIpc) is 3.36. The Morgan fingerprint density at radius 3 is 2.56 bits per heavy atom. The molecular formula is C26H38ClN6O10PS. The van der Waals surface area contributed by atoms with Crippen LogP contribution in [0.5, 0.6) is 5.75 Å². The molecule has 250 valence electrons. The number of phosphoric acid groups is 1. The van der Waals surface area contributed by atoms with Gasteiger partial charge in [0, 0.05) is 44.4 Å². The van der Waals surface area contributed by atoms with E-state index in [9.17, 15) is 23.2 Å². The lowest BCUT2D eigenvalue weighted by molar-refractivity contribution is -0.142. The molecule has 1 aliphatic heterocycles. The van der Waals surface area contributed by atoms with Crippen molar-refractivity contribution in [3.63, 3.8) is 0 Å². The Bertz CT molecular complexity index is 1560. The number of aromatic amines is 1. The van der Waals surface area contributed by atoms with Crippen molar-refractivity contribution in [3.05, 3.63) is 72.9 Å². The number of nitrogens with zero attached hydrogens (tertiary/aromatic N) is 4. The van der Waals surface area contributed by atoms with E-state index in [-0.39, 0.29) is 48.9 Å². The van der Waals surface area contributed by atoms with Crippen LogP contribution in [0.4, 0.5) is 0 Å². The zero-order chi connectivity index (χ0) is 32.7. The predicted molar refractivity (Wildman–Crippen MR) is 168 cm³/mol. The minimum Gasteiger partial charge on any atom is -0.468 e. The summed E-state index contributed by atoms with van der Waals surface area (Å²) in [6, 6.07) is 4.50. The van der Waals surface area contributed by atoms with Crippen molar-refractivity contribution in [1.29, 1.82) is 0 Å². The Labute approximate surface area is 268 Å². The van der Waals surface area contributed by atoms with Gasteiger partial charge >= 0.3 is 19.5 Å². The third-order valence-electron chi connectivity index (χ3n) is 6.56. The molecule has 45 heavy (non-hydrogen) atoms.